The predicted molar refractivity (Wildman–Crippen MR) is 299 cm³/mol. The van der Waals surface area contributed by atoms with E-state index in [1.807, 2.05) is 6.07 Å². The summed E-state index contributed by atoms with van der Waals surface area (Å²) in [5.41, 5.74) is 0.853. The molecule has 0 aliphatic carbocycles. The third kappa shape index (κ3) is 24.8. The van der Waals surface area contributed by atoms with Crippen LogP contribution in [-0.4, -0.2) is 131 Å². The monoisotopic (exact) mass is 1120 g/mol. The fourth-order valence-electron chi connectivity index (χ4n) is 5.60. The Morgan fingerprint density at radius 2 is 0.516 bits per heavy atom. The molecule has 0 aliphatic rings. The lowest BCUT2D eigenvalue weighted by atomic mass is 10.2. The minimum absolute atomic E-state index is 0.662. The SMILES string of the molecule is C[Si](C)(C)O[SiH2]O[Si](O[Si](C)(C)C)(O[Si](C)(C)C)C(=C([Si](O[SiH2]O[Si](C)(C)C)(O[Si](C)(C)C)O[Si](C)(C)C)[Si](O[SiH2]O[Si](C)(C)C)(O[Si](C)(C)C)O[Si](C)(C)C)c1ccccc1. The Morgan fingerprint density at radius 3 is 0.742 bits per heavy atom. The molecule has 0 saturated carbocycles. The van der Waals surface area contributed by atoms with Crippen LogP contribution in [0.15, 0.2) is 35.2 Å². The van der Waals surface area contributed by atoms with Crippen molar-refractivity contribution >= 4 is 136 Å². The van der Waals surface area contributed by atoms with E-state index in [-0.39, 0.29) is 0 Å². The van der Waals surface area contributed by atoms with Crippen LogP contribution in [0.4, 0.5) is 0 Å². The van der Waals surface area contributed by atoms with Gasteiger partial charge in [0.1, 0.15) is 0 Å². The lowest BCUT2D eigenvalue weighted by Gasteiger charge is -2.50. The molecule has 0 aromatic heterocycles. The molecule has 62 heavy (non-hydrogen) atoms. The summed E-state index contributed by atoms with van der Waals surface area (Å²) < 4.78 is 90.1. The summed E-state index contributed by atoms with van der Waals surface area (Å²) >= 11 is 0. The molecule has 0 N–H and O–H groups in total. The second-order valence-corrected chi connectivity index (χ2v) is 80.5. The summed E-state index contributed by atoms with van der Waals surface area (Å²) in [5.74, 6) is 0. The fraction of sp³-hybridized carbons (Fsp3) is 0.771. The predicted octanol–water partition coefficient (Wildman–Crippen LogP) is 9.58. The maximum Gasteiger partial charge on any atom is 0.507 e. The average Bonchev–Trinajstić information content (AvgIpc) is 2.92. The van der Waals surface area contributed by atoms with Crippen LogP contribution < -0.4 is 0 Å². The molecule has 1 aromatic carbocycles. The Kier molecular flexibility index (Phi) is 22.6. The molecule has 0 amide bonds. The zero-order chi connectivity index (χ0) is 48.9. The van der Waals surface area contributed by atoms with Crippen molar-refractivity contribution in [1.29, 1.82) is 0 Å². The van der Waals surface area contributed by atoms with E-state index in [1.54, 1.807) is 0 Å². The van der Waals surface area contributed by atoms with Crippen molar-refractivity contribution < 1.29 is 49.4 Å². The van der Waals surface area contributed by atoms with E-state index in [2.05, 4.69) is 201 Å². The highest BCUT2D eigenvalue weighted by Gasteiger charge is 2.70. The minimum Gasteiger partial charge on any atom is -0.441 e. The summed E-state index contributed by atoms with van der Waals surface area (Å²) in [6.07, 6.45) is 0. The molecule has 0 saturated heterocycles. The Morgan fingerprint density at radius 1 is 0.290 bits per heavy atom. The summed E-state index contributed by atoms with van der Waals surface area (Å²) in [6, 6.07) is 10.4. The van der Waals surface area contributed by atoms with Gasteiger partial charge in [-0.1, -0.05) is 30.3 Å². The molecule has 0 fully saturated rings. The zero-order valence-electron chi connectivity index (χ0n) is 44.4. The fourth-order valence-corrected chi connectivity index (χ4v) is 52.0. The Labute approximate surface area is 400 Å². The first-order chi connectivity index (χ1) is 27.2. The van der Waals surface area contributed by atoms with E-state index >= 15 is 0 Å². The highest BCUT2D eigenvalue weighted by molar-refractivity contribution is 7.09. The van der Waals surface area contributed by atoms with Gasteiger partial charge in [-0.15, -0.1) is 0 Å². The van der Waals surface area contributed by atoms with Gasteiger partial charge in [-0.05, 0) is 182 Å². The minimum atomic E-state index is -4.33. The third-order valence-electron chi connectivity index (χ3n) is 7.10. The highest BCUT2D eigenvalue weighted by Crippen LogP contribution is 2.47. The smallest absolute Gasteiger partial charge is 0.441 e. The van der Waals surface area contributed by atoms with Gasteiger partial charge in [0.05, 0.1) is 4.82 Å². The molecule has 1 aromatic rings. The molecule has 0 heterocycles. The summed E-state index contributed by atoms with van der Waals surface area (Å²) in [7, 11) is -39.9. The van der Waals surface area contributed by atoms with E-state index in [0.29, 0.717) is 4.82 Å². The molecule has 0 aliphatic heterocycles. The largest absolute Gasteiger partial charge is 0.507 e. The van der Waals surface area contributed by atoms with E-state index in [1.165, 1.54) is 0 Å². The van der Waals surface area contributed by atoms with Crippen LogP contribution in [0.2, 0.25) is 177 Å². The van der Waals surface area contributed by atoms with Gasteiger partial charge in [-0.3, -0.25) is 0 Å². The first kappa shape index (κ1) is 61.7. The van der Waals surface area contributed by atoms with Crippen LogP contribution >= 0.6 is 0 Å². The van der Waals surface area contributed by atoms with Crippen molar-refractivity contribution in [3.8, 4) is 0 Å². The van der Waals surface area contributed by atoms with Crippen molar-refractivity contribution in [3.05, 3.63) is 40.7 Å². The quantitative estimate of drug-likeness (QED) is 0.0746. The third-order valence-corrected chi connectivity index (χ3v) is 51.2. The second kappa shape index (κ2) is 22.7. The van der Waals surface area contributed by atoms with Crippen LogP contribution in [0.25, 0.3) is 5.20 Å². The Balaban J connectivity index is 5.53. The van der Waals surface area contributed by atoms with E-state index < -0.39 is 131 Å². The Hall–Kier alpha value is 1.73. The number of hydrogen-bond donors (Lipinski definition) is 0. The van der Waals surface area contributed by atoms with Gasteiger partial charge < -0.3 is 49.4 Å². The molecule has 0 unspecified atom stereocenters. The molecular formula is C35H92O12Si15. The highest BCUT2D eigenvalue weighted by atomic mass is 28.5. The van der Waals surface area contributed by atoms with Crippen molar-refractivity contribution in [2.24, 2.45) is 0 Å². The molecule has 0 bridgehead atoms. The van der Waals surface area contributed by atoms with E-state index in [9.17, 15) is 0 Å². The second-order valence-electron chi connectivity index (χ2n) is 24.6. The maximum atomic E-state index is 7.83. The number of benzene rings is 1. The molecular weight excluding hydrogens is 1030 g/mol. The molecule has 0 radical (unpaired) electrons. The summed E-state index contributed by atoms with van der Waals surface area (Å²) in [4.78, 5) is 0.662. The first-order valence-corrected chi connectivity index (χ1v) is 61.4. The van der Waals surface area contributed by atoms with Gasteiger partial charge in [0, 0.05) is 5.20 Å². The lowest BCUT2D eigenvalue weighted by Crippen LogP contribution is -2.72. The average molecular weight is 1130 g/mol. The summed E-state index contributed by atoms with van der Waals surface area (Å²) in [5, 5.41) is 0.727. The van der Waals surface area contributed by atoms with Crippen LogP contribution in [0, 0.1) is 0 Å². The molecule has 0 atom stereocenters. The van der Waals surface area contributed by atoms with Gasteiger partial charge in [-0.2, -0.15) is 0 Å². The first-order valence-electron chi connectivity index (χ1n) is 22.1. The van der Waals surface area contributed by atoms with E-state index in [4.69, 9.17) is 49.4 Å². The summed E-state index contributed by atoms with van der Waals surface area (Å²) in [6.45, 7) is 59.4. The Bertz CT molecular complexity index is 1450. The topological polar surface area (TPSA) is 111 Å². The van der Waals surface area contributed by atoms with Gasteiger partial charge >= 0.3 is 26.4 Å². The number of rotatable bonds is 28. The number of hydrogen-bond acceptors (Lipinski definition) is 12. The molecule has 364 valence electrons. The standard InChI is InChI=1S/C35H92O12Si15/c1-51(2,3)36-48-39-60(42-54(10,11)12,43-55(13,14)15)34(33-31-29-28-30-32-33)35(61(44-56(16,17)18,45-57(19,20)21)40-49-37-52(4,5)6)62(46-58(22,23)24,47-59(25,26)27)41-50-38-53(7,8)9/h28-32H,48-50H2,1-27H3. The van der Waals surface area contributed by atoms with Gasteiger partial charge in [-0.25, -0.2) is 0 Å². The van der Waals surface area contributed by atoms with Crippen LogP contribution in [0.3, 0.4) is 0 Å². The van der Waals surface area contributed by atoms with Crippen LogP contribution in [0.5, 0.6) is 0 Å². The van der Waals surface area contributed by atoms with Gasteiger partial charge in [0.15, 0.2) is 74.9 Å². The van der Waals surface area contributed by atoms with Crippen LogP contribution in [0.1, 0.15) is 5.56 Å². The molecule has 1 rings (SSSR count). The maximum absolute atomic E-state index is 7.83. The van der Waals surface area contributed by atoms with Crippen LogP contribution in [-0.2, 0) is 49.4 Å². The van der Waals surface area contributed by atoms with E-state index in [0.717, 1.165) is 10.8 Å². The molecule has 0 spiro atoms. The zero-order valence-corrected chi connectivity index (χ0v) is 60.6. The lowest BCUT2D eigenvalue weighted by molar-refractivity contribution is 0.232. The van der Waals surface area contributed by atoms with Crippen molar-refractivity contribution in [1.82, 2.24) is 0 Å². The van der Waals surface area contributed by atoms with Crippen molar-refractivity contribution in [3.63, 3.8) is 0 Å². The van der Waals surface area contributed by atoms with Gasteiger partial charge in [0.2, 0.25) is 0 Å². The van der Waals surface area contributed by atoms with Gasteiger partial charge in [0.25, 0.3) is 30.0 Å². The van der Waals surface area contributed by atoms with Crippen molar-refractivity contribution in [2.45, 2.75) is 177 Å². The molecule has 27 heteroatoms. The normalized spacial score (nSPS) is 15.6. The molecule has 12 nitrogen and oxygen atoms in total. The van der Waals surface area contributed by atoms with Crippen molar-refractivity contribution in [2.75, 3.05) is 0 Å².